The van der Waals surface area contributed by atoms with Crippen LogP contribution in [0.1, 0.15) is 12.5 Å². The van der Waals surface area contributed by atoms with Crippen molar-refractivity contribution in [2.75, 3.05) is 0 Å². The Kier molecular flexibility index (Phi) is 3.29. The minimum Gasteiger partial charge on any atom is -0.341 e. The number of benzene rings is 3. The van der Waals surface area contributed by atoms with Gasteiger partial charge in [-0.15, -0.1) is 0 Å². The predicted molar refractivity (Wildman–Crippen MR) is 108 cm³/mol. The molecular formula is C23H19N3. The summed E-state index contributed by atoms with van der Waals surface area (Å²) in [6, 6.07) is 21.2. The molecule has 0 saturated carbocycles. The van der Waals surface area contributed by atoms with Crippen LogP contribution in [0.2, 0.25) is 0 Å². The summed E-state index contributed by atoms with van der Waals surface area (Å²) in [6.07, 6.45) is 1.94. The topological polar surface area (TPSA) is 30.7 Å². The minimum atomic E-state index is 0.771. The van der Waals surface area contributed by atoms with Crippen molar-refractivity contribution in [3.05, 3.63) is 72.4 Å². The van der Waals surface area contributed by atoms with E-state index in [-0.39, 0.29) is 0 Å². The molecule has 0 unspecified atom stereocenters. The molecule has 26 heavy (non-hydrogen) atoms. The Labute approximate surface area is 151 Å². The summed E-state index contributed by atoms with van der Waals surface area (Å²) in [7, 11) is 0. The van der Waals surface area contributed by atoms with Crippen LogP contribution in [0.15, 0.2) is 66.9 Å². The van der Waals surface area contributed by atoms with Crippen molar-refractivity contribution in [1.82, 2.24) is 14.5 Å². The van der Waals surface area contributed by atoms with Crippen molar-refractivity contribution >= 4 is 32.7 Å². The molecule has 3 heteroatoms. The van der Waals surface area contributed by atoms with Crippen LogP contribution < -0.4 is 0 Å². The molecule has 0 fully saturated rings. The molecule has 126 valence electrons. The summed E-state index contributed by atoms with van der Waals surface area (Å²) in [5.41, 5.74) is 5.82. The molecule has 2 heterocycles. The van der Waals surface area contributed by atoms with Gasteiger partial charge in [-0.05, 0) is 38.1 Å². The van der Waals surface area contributed by atoms with Crippen LogP contribution in [0.3, 0.4) is 0 Å². The van der Waals surface area contributed by atoms with Crippen LogP contribution in [-0.4, -0.2) is 14.5 Å². The number of hydrogen-bond donors (Lipinski definition) is 0. The second-order valence-corrected chi connectivity index (χ2v) is 6.75. The van der Waals surface area contributed by atoms with Crippen LogP contribution >= 0.6 is 0 Å². The Hall–Kier alpha value is -3.20. The van der Waals surface area contributed by atoms with E-state index in [0.717, 1.165) is 28.8 Å². The summed E-state index contributed by atoms with van der Waals surface area (Å²) in [5.74, 6) is 0.771. The molecule has 3 aromatic carbocycles. The Morgan fingerprint density at radius 3 is 2.50 bits per heavy atom. The van der Waals surface area contributed by atoms with Crippen LogP contribution in [0.5, 0.6) is 0 Å². The molecule has 0 bridgehead atoms. The first-order valence-corrected chi connectivity index (χ1v) is 8.99. The summed E-state index contributed by atoms with van der Waals surface area (Å²) in [6.45, 7) is 5.27. The Balaban J connectivity index is 1.84. The van der Waals surface area contributed by atoms with Gasteiger partial charge in [0, 0.05) is 40.0 Å². The number of fused-ring (bicyclic) bond motifs is 4. The Morgan fingerprint density at radius 2 is 1.69 bits per heavy atom. The quantitative estimate of drug-likeness (QED) is 0.412. The van der Waals surface area contributed by atoms with Gasteiger partial charge in [-0.3, -0.25) is 0 Å². The summed E-state index contributed by atoms with van der Waals surface area (Å²) in [5, 5.41) is 3.65. The zero-order valence-corrected chi connectivity index (χ0v) is 14.9. The maximum atomic E-state index is 4.83. The van der Waals surface area contributed by atoms with E-state index in [1.165, 1.54) is 27.4 Å². The fourth-order valence-corrected chi connectivity index (χ4v) is 3.80. The molecule has 0 spiro atoms. The summed E-state index contributed by atoms with van der Waals surface area (Å²) in [4.78, 5) is 9.42. The van der Waals surface area contributed by atoms with Crippen molar-refractivity contribution in [1.29, 1.82) is 0 Å². The lowest BCUT2D eigenvalue weighted by Crippen LogP contribution is -1.94. The van der Waals surface area contributed by atoms with Crippen LogP contribution in [-0.2, 0) is 6.54 Å². The number of nitrogens with zero attached hydrogens (tertiary/aromatic N) is 3. The van der Waals surface area contributed by atoms with E-state index in [2.05, 4.69) is 53.7 Å². The van der Waals surface area contributed by atoms with Gasteiger partial charge in [-0.2, -0.15) is 0 Å². The Morgan fingerprint density at radius 1 is 0.885 bits per heavy atom. The first-order chi connectivity index (χ1) is 12.7. The maximum absolute atomic E-state index is 4.83. The monoisotopic (exact) mass is 337 g/mol. The zero-order valence-electron chi connectivity index (χ0n) is 14.9. The first kappa shape index (κ1) is 15.1. The van der Waals surface area contributed by atoms with Gasteiger partial charge in [0.1, 0.15) is 0 Å². The summed E-state index contributed by atoms with van der Waals surface area (Å²) < 4.78 is 2.37. The molecule has 5 rings (SSSR count). The molecule has 2 aromatic heterocycles. The van der Waals surface area contributed by atoms with E-state index in [0.29, 0.717) is 0 Å². The average molecular weight is 337 g/mol. The average Bonchev–Trinajstić information content (AvgIpc) is 2.98. The van der Waals surface area contributed by atoms with E-state index < -0.39 is 0 Å². The normalized spacial score (nSPS) is 11.6. The number of aromatic nitrogens is 3. The van der Waals surface area contributed by atoms with Crippen molar-refractivity contribution in [2.45, 2.75) is 20.4 Å². The largest absolute Gasteiger partial charge is 0.341 e. The van der Waals surface area contributed by atoms with Gasteiger partial charge in [0.2, 0.25) is 0 Å². The van der Waals surface area contributed by atoms with Gasteiger partial charge in [0.15, 0.2) is 5.82 Å². The van der Waals surface area contributed by atoms with E-state index in [1.54, 1.807) is 0 Å². The van der Waals surface area contributed by atoms with Crippen molar-refractivity contribution in [3.8, 4) is 11.4 Å². The molecule has 5 aromatic rings. The molecule has 0 amide bonds. The third-order valence-corrected chi connectivity index (χ3v) is 5.07. The second-order valence-electron chi connectivity index (χ2n) is 6.75. The van der Waals surface area contributed by atoms with E-state index >= 15 is 0 Å². The number of rotatable bonds is 2. The highest BCUT2D eigenvalue weighted by atomic mass is 15.0. The molecule has 0 radical (unpaired) electrons. The van der Waals surface area contributed by atoms with Crippen LogP contribution in [0, 0.1) is 6.92 Å². The molecule has 3 nitrogen and oxygen atoms in total. The van der Waals surface area contributed by atoms with Gasteiger partial charge in [0.05, 0.1) is 11.0 Å². The maximum Gasteiger partial charge on any atom is 0.159 e. The molecule has 0 atom stereocenters. The highest BCUT2D eigenvalue weighted by Crippen LogP contribution is 2.33. The highest BCUT2D eigenvalue weighted by Gasteiger charge is 2.12. The lowest BCUT2D eigenvalue weighted by atomic mass is 10.1. The lowest BCUT2D eigenvalue weighted by molar-refractivity contribution is 0.827. The highest BCUT2D eigenvalue weighted by molar-refractivity contribution is 6.12. The lowest BCUT2D eigenvalue weighted by Gasteiger charge is -2.05. The standard InChI is InChI=1S/C23H19N3/c1-3-26-21-10-9-15(2)11-18(21)19-12-17-14-24-23(16-7-5-4-6-8-16)25-20(17)13-22(19)26/h4-14H,3H2,1-2H3. The van der Waals surface area contributed by atoms with Gasteiger partial charge in [0.25, 0.3) is 0 Å². The SMILES string of the molecule is CCn1c2ccc(C)cc2c2cc3cnc(-c4ccccc4)nc3cc21. The van der Waals surface area contributed by atoms with Crippen LogP contribution in [0.4, 0.5) is 0 Å². The first-order valence-electron chi connectivity index (χ1n) is 8.99. The summed E-state index contributed by atoms with van der Waals surface area (Å²) >= 11 is 0. The molecular weight excluding hydrogens is 318 g/mol. The fraction of sp³-hybridized carbons (Fsp3) is 0.130. The molecule has 0 N–H and O–H groups in total. The van der Waals surface area contributed by atoms with Crippen molar-refractivity contribution < 1.29 is 0 Å². The third-order valence-electron chi connectivity index (χ3n) is 5.07. The molecule has 0 aliphatic rings. The molecule has 0 aliphatic carbocycles. The predicted octanol–water partition coefficient (Wildman–Crippen LogP) is 5.73. The van der Waals surface area contributed by atoms with Crippen molar-refractivity contribution in [3.63, 3.8) is 0 Å². The van der Waals surface area contributed by atoms with E-state index in [4.69, 9.17) is 4.98 Å². The zero-order chi connectivity index (χ0) is 17.7. The second kappa shape index (κ2) is 5.67. The number of aryl methyl sites for hydroxylation is 2. The van der Waals surface area contributed by atoms with Gasteiger partial charge < -0.3 is 4.57 Å². The molecule has 0 saturated heterocycles. The van der Waals surface area contributed by atoms with Gasteiger partial charge in [-0.1, -0.05) is 42.0 Å². The molecule has 0 aliphatic heterocycles. The van der Waals surface area contributed by atoms with E-state index in [1.807, 2.05) is 36.5 Å². The smallest absolute Gasteiger partial charge is 0.159 e. The number of hydrogen-bond acceptors (Lipinski definition) is 2. The fourth-order valence-electron chi connectivity index (χ4n) is 3.80. The van der Waals surface area contributed by atoms with Gasteiger partial charge in [-0.25, -0.2) is 9.97 Å². The minimum absolute atomic E-state index is 0.771. The van der Waals surface area contributed by atoms with E-state index in [9.17, 15) is 0 Å². The third kappa shape index (κ3) is 2.21. The van der Waals surface area contributed by atoms with Crippen LogP contribution in [0.25, 0.3) is 44.1 Å². The van der Waals surface area contributed by atoms with Crippen molar-refractivity contribution in [2.24, 2.45) is 0 Å². The Bertz CT molecular complexity index is 1270. The van der Waals surface area contributed by atoms with Gasteiger partial charge >= 0.3 is 0 Å².